The van der Waals surface area contributed by atoms with Crippen LogP contribution in [-0.4, -0.2) is 33.1 Å². The molecule has 2 N–H and O–H groups in total. The topological polar surface area (TPSA) is 71.3 Å². The standard InChI is InChI=1S/C12H14ClN5O/c13-8-1-4-10-16-12(17-18(10)7-8)14-6-5-11(19)15-9-2-3-9/h1,4,7,9H,2-3,5-6H2,(H,14,17)(H,15,19). The van der Waals surface area contributed by atoms with E-state index < -0.39 is 0 Å². The minimum Gasteiger partial charge on any atom is -0.353 e. The maximum atomic E-state index is 11.5. The van der Waals surface area contributed by atoms with Crippen LogP contribution in [0.3, 0.4) is 0 Å². The number of nitrogens with one attached hydrogen (secondary N) is 2. The zero-order valence-electron chi connectivity index (χ0n) is 10.3. The Morgan fingerprint density at radius 3 is 3.11 bits per heavy atom. The molecule has 1 aliphatic carbocycles. The monoisotopic (exact) mass is 279 g/mol. The Hall–Kier alpha value is -1.82. The van der Waals surface area contributed by atoms with Crippen LogP contribution in [0.5, 0.6) is 0 Å². The Morgan fingerprint density at radius 1 is 1.47 bits per heavy atom. The van der Waals surface area contributed by atoms with Crippen molar-refractivity contribution in [1.82, 2.24) is 19.9 Å². The molecule has 1 fully saturated rings. The minimum absolute atomic E-state index is 0.0711. The van der Waals surface area contributed by atoms with Crippen LogP contribution in [0, 0.1) is 0 Å². The van der Waals surface area contributed by atoms with Crippen molar-refractivity contribution >= 4 is 29.1 Å². The molecule has 7 heteroatoms. The number of hydrogen-bond donors (Lipinski definition) is 2. The van der Waals surface area contributed by atoms with Crippen molar-refractivity contribution in [3.05, 3.63) is 23.4 Å². The van der Waals surface area contributed by atoms with Gasteiger partial charge in [-0.25, -0.2) is 4.52 Å². The summed E-state index contributed by atoms with van der Waals surface area (Å²) in [6.07, 6.45) is 4.32. The van der Waals surface area contributed by atoms with E-state index in [9.17, 15) is 4.79 Å². The van der Waals surface area contributed by atoms with Crippen LogP contribution in [0.15, 0.2) is 18.3 Å². The van der Waals surface area contributed by atoms with Crippen LogP contribution in [-0.2, 0) is 4.79 Å². The second-order valence-corrected chi connectivity index (χ2v) is 5.04. The normalized spacial score (nSPS) is 14.6. The number of anilines is 1. The van der Waals surface area contributed by atoms with E-state index in [1.807, 2.05) is 0 Å². The molecule has 0 aromatic carbocycles. The molecule has 100 valence electrons. The number of pyridine rings is 1. The summed E-state index contributed by atoms with van der Waals surface area (Å²) in [5, 5.41) is 10.8. The lowest BCUT2D eigenvalue weighted by Gasteiger charge is -2.03. The van der Waals surface area contributed by atoms with Gasteiger partial charge in [-0.05, 0) is 25.0 Å². The summed E-state index contributed by atoms with van der Waals surface area (Å²) in [5.41, 5.74) is 0.717. The van der Waals surface area contributed by atoms with Crippen LogP contribution in [0.2, 0.25) is 5.02 Å². The molecule has 2 heterocycles. The summed E-state index contributed by atoms with van der Waals surface area (Å²) in [4.78, 5) is 15.8. The van der Waals surface area contributed by atoms with Crippen molar-refractivity contribution < 1.29 is 4.79 Å². The summed E-state index contributed by atoms with van der Waals surface area (Å²) in [6.45, 7) is 0.517. The van der Waals surface area contributed by atoms with Gasteiger partial charge in [0.1, 0.15) is 0 Å². The predicted molar refractivity (Wildman–Crippen MR) is 72.3 cm³/mol. The highest BCUT2D eigenvalue weighted by atomic mass is 35.5. The second-order valence-electron chi connectivity index (χ2n) is 4.60. The maximum Gasteiger partial charge on any atom is 0.243 e. The minimum atomic E-state index is 0.0711. The lowest BCUT2D eigenvalue weighted by atomic mass is 10.4. The number of rotatable bonds is 5. The van der Waals surface area contributed by atoms with E-state index in [2.05, 4.69) is 20.7 Å². The van der Waals surface area contributed by atoms with Gasteiger partial charge in [0, 0.05) is 25.2 Å². The van der Waals surface area contributed by atoms with E-state index in [1.54, 1.807) is 22.8 Å². The predicted octanol–water partition coefficient (Wildman–Crippen LogP) is 1.46. The third-order valence-electron chi connectivity index (χ3n) is 2.87. The van der Waals surface area contributed by atoms with Crippen LogP contribution in [0.25, 0.3) is 5.65 Å². The van der Waals surface area contributed by atoms with Crippen molar-refractivity contribution in [2.45, 2.75) is 25.3 Å². The molecule has 1 aliphatic rings. The Labute approximate surface area is 115 Å². The Morgan fingerprint density at radius 2 is 2.32 bits per heavy atom. The largest absolute Gasteiger partial charge is 0.353 e. The molecular formula is C12H14ClN5O. The van der Waals surface area contributed by atoms with Crippen molar-refractivity contribution in [2.24, 2.45) is 0 Å². The molecule has 0 saturated heterocycles. The van der Waals surface area contributed by atoms with Gasteiger partial charge in [0.05, 0.1) is 5.02 Å². The van der Waals surface area contributed by atoms with Gasteiger partial charge in [0.25, 0.3) is 0 Å². The number of amides is 1. The van der Waals surface area contributed by atoms with E-state index in [1.165, 1.54) is 0 Å². The van der Waals surface area contributed by atoms with Gasteiger partial charge in [-0.15, -0.1) is 5.10 Å². The fraction of sp³-hybridized carbons (Fsp3) is 0.417. The van der Waals surface area contributed by atoms with E-state index in [-0.39, 0.29) is 5.91 Å². The zero-order valence-corrected chi connectivity index (χ0v) is 11.0. The highest BCUT2D eigenvalue weighted by Gasteiger charge is 2.22. The van der Waals surface area contributed by atoms with Crippen molar-refractivity contribution in [2.75, 3.05) is 11.9 Å². The molecule has 1 saturated carbocycles. The lowest BCUT2D eigenvalue weighted by Crippen LogP contribution is -2.27. The first kappa shape index (κ1) is 12.2. The van der Waals surface area contributed by atoms with Crippen LogP contribution < -0.4 is 10.6 Å². The molecule has 19 heavy (non-hydrogen) atoms. The number of carbonyl (C=O) groups is 1. The molecule has 0 bridgehead atoms. The molecule has 0 unspecified atom stereocenters. The SMILES string of the molecule is O=C(CCNc1nc2ccc(Cl)cn2n1)NC1CC1. The van der Waals surface area contributed by atoms with Crippen molar-refractivity contribution in [3.8, 4) is 0 Å². The van der Waals surface area contributed by atoms with Gasteiger partial charge in [0.2, 0.25) is 11.9 Å². The van der Waals surface area contributed by atoms with Gasteiger partial charge in [-0.2, -0.15) is 4.98 Å². The fourth-order valence-electron chi connectivity index (χ4n) is 1.75. The van der Waals surface area contributed by atoms with Crippen molar-refractivity contribution in [1.29, 1.82) is 0 Å². The fourth-order valence-corrected chi connectivity index (χ4v) is 1.90. The molecule has 3 rings (SSSR count). The van der Waals surface area contributed by atoms with Gasteiger partial charge in [0.15, 0.2) is 5.65 Å². The molecule has 0 atom stereocenters. The first-order chi connectivity index (χ1) is 9.20. The van der Waals surface area contributed by atoms with Gasteiger partial charge < -0.3 is 10.6 Å². The zero-order chi connectivity index (χ0) is 13.2. The number of hydrogen-bond acceptors (Lipinski definition) is 4. The molecule has 2 aromatic rings. The first-order valence-corrected chi connectivity index (χ1v) is 6.64. The first-order valence-electron chi connectivity index (χ1n) is 6.26. The Kier molecular flexibility index (Phi) is 3.25. The highest BCUT2D eigenvalue weighted by molar-refractivity contribution is 6.30. The number of halogens is 1. The molecule has 0 radical (unpaired) electrons. The van der Waals surface area contributed by atoms with Crippen molar-refractivity contribution in [3.63, 3.8) is 0 Å². The highest BCUT2D eigenvalue weighted by Crippen LogP contribution is 2.18. The number of fused-ring (bicyclic) bond motifs is 1. The smallest absolute Gasteiger partial charge is 0.243 e. The third kappa shape index (κ3) is 3.14. The number of nitrogens with zero attached hydrogens (tertiary/aromatic N) is 3. The Bertz CT molecular complexity index is 607. The average molecular weight is 280 g/mol. The summed E-state index contributed by atoms with van der Waals surface area (Å²) in [6, 6.07) is 3.96. The lowest BCUT2D eigenvalue weighted by molar-refractivity contribution is -0.120. The molecular weight excluding hydrogens is 266 g/mol. The molecule has 2 aromatic heterocycles. The molecule has 0 spiro atoms. The van der Waals surface area contributed by atoms with E-state index in [4.69, 9.17) is 11.6 Å². The van der Waals surface area contributed by atoms with Crippen LogP contribution in [0.1, 0.15) is 19.3 Å². The molecule has 0 aliphatic heterocycles. The van der Waals surface area contributed by atoms with E-state index in [0.717, 1.165) is 12.8 Å². The quantitative estimate of drug-likeness (QED) is 0.869. The average Bonchev–Trinajstić information content (AvgIpc) is 3.07. The third-order valence-corrected chi connectivity index (χ3v) is 3.10. The van der Waals surface area contributed by atoms with Gasteiger partial charge in [-0.3, -0.25) is 4.79 Å². The maximum absolute atomic E-state index is 11.5. The van der Waals surface area contributed by atoms with Crippen LogP contribution in [0.4, 0.5) is 5.95 Å². The number of carbonyl (C=O) groups excluding carboxylic acids is 1. The number of aromatic nitrogens is 3. The molecule has 1 amide bonds. The van der Waals surface area contributed by atoms with E-state index in [0.29, 0.717) is 35.6 Å². The summed E-state index contributed by atoms with van der Waals surface area (Å²) in [7, 11) is 0. The van der Waals surface area contributed by atoms with E-state index >= 15 is 0 Å². The summed E-state index contributed by atoms with van der Waals surface area (Å²) < 4.78 is 1.61. The van der Waals surface area contributed by atoms with Gasteiger partial charge >= 0.3 is 0 Å². The van der Waals surface area contributed by atoms with Crippen LogP contribution >= 0.6 is 11.6 Å². The Balaban J connectivity index is 1.54. The summed E-state index contributed by atoms with van der Waals surface area (Å²) >= 11 is 5.87. The second kappa shape index (κ2) is 5.05. The van der Waals surface area contributed by atoms with Gasteiger partial charge in [-0.1, -0.05) is 11.6 Å². The molecule has 6 nitrogen and oxygen atoms in total. The summed E-state index contributed by atoms with van der Waals surface area (Å²) in [5.74, 6) is 0.572.